The normalized spacial score (nSPS) is 22.5. The Bertz CT molecular complexity index is 1190. The minimum Gasteiger partial charge on any atom is -0.497 e. The van der Waals surface area contributed by atoms with Crippen LogP contribution in [-0.2, 0) is 30.7 Å². The topological polar surface area (TPSA) is 124 Å². The van der Waals surface area contributed by atoms with Crippen molar-refractivity contribution < 1.29 is 37.3 Å². The van der Waals surface area contributed by atoms with Gasteiger partial charge in [-0.2, -0.15) is 4.31 Å². The molecule has 1 amide bonds. The Balaban J connectivity index is 1.52. The molecule has 2 aliphatic rings. The van der Waals surface area contributed by atoms with Gasteiger partial charge in [0.1, 0.15) is 11.9 Å². The molecule has 0 bridgehead atoms. The molecule has 2 aromatic rings. The molecule has 2 saturated heterocycles. The summed E-state index contributed by atoms with van der Waals surface area (Å²) in [4.78, 5) is 13.0. The van der Waals surface area contributed by atoms with E-state index in [9.17, 15) is 18.3 Å². The van der Waals surface area contributed by atoms with Gasteiger partial charge in [0.25, 0.3) is 0 Å². The van der Waals surface area contributed by atoms with Gasteiger partial charge in [-0.05, 0) is 36.5 Å². The van der Waals surface area contributed by atoms with Crippen molar-refractivity contribution in [2.45, 2.75) is 56.1 Å². The lowest BCUT2D eigenvalue weighted by atomic mass is 10.0. The molecule has 0 unspecified atom stereocenters. The number of benzene rings is 2. The van der Waals surface area contributed by atoms with E-state index in [1.165, 1.54) is 23.5 Å². The van der Waals surface area contributed by atoms with Crippen LogP contribution >= 0.6 is 0 Å². The average molecular weight is 563 g/mol. The molecule has 2 fully saturated rings. The molecular weight excluding hydrogens is 524 g/mol. The third kappa shape index (κ3) is 7.49. The van der Waals surface area contributed by atoms with Crippen LogP contribution < -0.4 is 10.1 Å². The largest absolute Gasteiger partial charge is 0.497 e. The molecule has 2 heterocycles. The van der Waals surface area contributed by atoms with Crippen molar-refractivity contribution >= 4 is 16.1 Å². The maximum atomic E-state index is 13.6. The highest BCUT2D eigenvalue weighted by Crippen LogP contribution is 2.33. The van der Waals surface area contributed by atoms with E-state index in [1.807, 2.05) is 44.2 Å². The molecule has 0 spiro atoms. The van der Waals surface area contributed by atoms with E-state index < -0.39 is 34.4 Å². The molecule has 39 heavy (non-hydrogen) atoms. The molecule has 0 aromatic heterocycles. The summed E-state index contributed by atoms with van der Waals surface area (Å²) >= 11 is 0. The lowest BCUT2D eigenvalue weighted by molar-refractivity contribution is -0.0907. The Kier molecular flexibility index (Phi) is 9.84. The summed E-state index contributed by atoms with van der Waals surface area (Å²) in [7, 11) is -2.50. The van der Waals surface area contributed by atoms with Gasteiger partial charge in [0.05, 0.1) is 43.3 Å². The van der Waals surface area contributed by atoms with E-state index >= 15 is 0 Å². The number of methoxy groups -OCH3 is 1. The number of sulfonamides is 1. The molecule has 214 valence electrons. The second-order valence-corrected chi connectivity index (χ2v) is 12.3. The number of aliphatic hydroxyl groups excluding tert-OH is 1. The number of alkyl carbamates (subject to hydrolysis) is 1. The van der Waals surface area contributed by atoms with Gasteiger partial charge in [-0.1, -0.05) is 50.2 Å². The average Bonchev–Trinajstić information content (AvgIpc) is 3.53. The summed E-state index contributed by atoms with van der Waals surface area (Å²) in [6.45, 7) is 4.57. The molecule has 5 atom stereocenters. The SMILES string of the molecule is COc1cccc(S(=O)(=O)N(CC(C)C)C[C@@H](O)[C@H](Cc2ccccc2)NC(=O)O[C@H]2CO[C@H]3OCC[C@H]32)c1. The number of ether oxygens (including phenoxy) is 4. The number of fused-ring (bicyclic) bond motifs is 1. The van der Waals surface area contributed by atoms with Crippen LogP contribution in [0.1, 0.15) is 25.8 Å². The number of amides is 1. The van der Waals surface area contributed by atoms with E-state index in [2.05, 4.69) is 5.32 Å². The molecule has 0 aliphatic carbocycles. The van der Waals surface area contributed by atoms with Crippen LogP contribution in [0.3, 0.4) is 0 Å². The lowest BCUT2D eigenvalue weighted by Crippen LogP contribution is -2.51. The maximum Gasteiger partial charge on any atom is 0.407 e. The highest BCUT2D eigenvalue weighted by Gasteiger charge is 2.44. The number of nitrogens with zero attached hydrogens (tertiary/aromatic N) is 1. The first-order chi connectivity index (χ1) is 18.7. The van der Waals surface area contributed by atoms with Gasteiger partial charge in [-0.25, -0.2) is 13.2 Å². The third-order valence-corrected chi connectivity index (χ3v) is 8.78. The fraction of sp³-hybridized carbons (Fsp3) is 0.536. The van der Waals surface area contributed by atoms with Crippen LogP contribution in [0.15, 0.2) is 59.5 Å². The summed E-state index contributed by atoms with van der Waals surface area (Å²) in [5.41, 5.74) is 0.876. The van der Waals surface area contributed by atoms with E-state index in [1.54, 1.807) is 12.1 Å². The molecular formula is C28H38N2O8S. The van der Waals surface area contributed by atoms with Gasteiger partial charge >= 0.3 is 6.09 Å². The molecule has 2 N–H and O–H groups in total. The molecule has 0 saturated carbocycles. The number of hydrogen-bond acceptors (Lipinski definition) is 8. The number of carbonyl (C=O) groups excluding carboxylic acids is 1. The van der Waals surface area contributed by atoms with Crippen molar-refractivity contribution in [1.82, 2.24) is 9.62 Å². The van der Waals surface area contributed by atoms with Crippen molar-refractivity contribution in [3.05, 3.63) is 60.2 Å². The third-order valence-electron chi connectivity index (χ3n) is 6.95. The van der Waals surface area contributed by atoms with Crippen LogP contribution in [0.25, 0.3) is 0 Å². The molecule has 2 aliphatic heterocycles. The summed E-state index contributed by atoms with van der Waals surface area (Å²) in [5.74, 6) is 0.382. The van der Waals surface area contributed by atoms with Crippen molar-refractivity contribution in [3.63, 3.8) is 0 Å². The molecule has 2 aromatic carbocycles. The van der Waals surface area contributed by atoms with Crippen molar-refractivity contribution in [2.24, 2.45) is 11.8 Å². The number of aliphatic hydroxyl groups is 1. The standard InChI is InChI=1S/C28H38N2O8S/c1-19(2)16-30(39(33,34)22-11-7-10-21(15-22)35-3)17-25(31)24(14-20-8-5-4-6-9-20)29-28(32)38-26-18-37-27-23(26)12-13-36-27/h4-11,15,19,23-27,31H,12-14,16-18H2,1-3H3,(H,29,32)/t23-,24-,25+,26-,27+/m0/s1. The van der Waals surface area contributed by atoms with E-state index in [0.717, 1.165) is 12.0 Å². The fourth-order valence-corrected chi connectivity index (χ4v) is 6.60. The lowest BCUT2D eigenvalue weighted by Gasteiger charge is -2.31. The highest BCUT2D eigenvalue weighted by atomic mass is 32.2. The van der Waals surface area contributed by atoms with Crippen LogP contribution in [0.2, 0.25) is 0 Å². The van der Waals surface area contributed by atoms with Gasteiger partial charge in [0.15, 0.2) is 6.29 Å². The first kappa shape index (κ1) is 29.3. The smallest absolute Gasteiger partial charge is 0.407 e. The molecule has 4 rings (SSSR count). The zero-order chi connectivity index (χ0) is 28.0. The predicted molar refractivity (Wildman–Crippen MR) is 144 cm³/mol. The van der Waals surface area contributed by atoms with E-state index in [4.69, 9.17) is 18.9 Å². The molecule has 11 heteroatoms. The second kappa shape index (κ2) is 13.1. The van der Waals surface area contributed by atoms with Gasteiger partial charge in [0, 0.05) is 19.2 Å². The number of rotatable bonds is 12. The van der Waals surface area contributed by atoms with Crippen LogP contribution in [0, 0.1) is 11.8 Å². The Morgan fingerprint density at radius 2 is 1.90 bits per heavy atom. The zero-order valence-electron chi connectivity index (χ0n) is 22.6. The van der Waals surface area contributed by atoms with Gasteiger partial charge < -0.3 is 29.4 Å². The van der Waals surface area contributed by atoms with Gasteiger partial charge in [-0.3, -0.25) is 0 Å². The van der Waals surface area contributed by atoms with Gasteiger partial charge in [-0.15, -0.1) is 0 Å². The molecule has 10 nitrogen and oxygen atoms in total. The number of hydrogen-bond donors (Lipinski definition) is 2. The maximum absolute atomic E-state index is 13.6. The van der Waals surface area contributed by atoms with Gasteiger partial charge in [0.2, 0.25) is 10.0 Å². The summed E-state index contributed by atoms with van der Waals surface area (Å²) in [6.07, 6.45) is -1.70. The minimum atomic E-state index is -3.97. The highest BCUT2D eigenvalue weighted by molar-refractivity contribution is 7.89. The Morgan fingerprint density at radius 3 is 2.62 bits per heavy atom. The fourth-order valence-electron chi connectivity index (χ4n) is 4.95. The zero-order valence-corrected chi connectivity index (χ0v) is 23.4. The van der Waals surface area contributed by atoms with Crippen LogP contribution in [0.4, 0.5) is 4.79 Å². The number of nitrogens with one attached hydrogen (secondary N) is 1. The molecule has 0 radical (unpaired) electrons. The Morgan fingerprint density at radius 1 is 1.13 bits per heavy atom. The van der Waals surface area contributed by atoms with Crippen LogP contribution in [0.5, 0.6) is 5.75 Å². The quantitative estimate of drug-likeness (QED) is 0.405. The summed E-state index contributed by atoms with van der Waals surface area (Å²) in [6, 6.07) is 14.8. The van der Waals surface area contributed by atoms with Crippen molar-refractivity contribution in [3.8, 4) is 5.75 Å². The first-order valence-electron chi connectivity index (χ1n) is 13.2. The van der Waals surface area contributed by atoms with Crippen molar-refractivity contribution in [2.75, 3.05) is 33.4 Å². The van der Waals surface area contributed by atoms with Crippen molar-refractivity contribution in [1.29, 1.82) is 0 Å². The Labute approximate surface area is 230 Å². The minimum absolute atomic E-state index is 0.00739. The van der Waals surface area contributed by atoms with Crippen LogP contribution in [-0.4, -0.2) is 81.9 Å². The number of carbonyl (C=O) groups is 1. The Hall–Kier alpha value is -2.70. The van der Waals surface area contributed by atoms with E-state index in [-0.39, 0.29) is 49.1 Å². The summed E-state index contributed by atoms with van der Waals surface area (Å²) < 4.78 is 50.5. The monoisotopic (exact) mass is 562 g/mol. The second-order valence-electron chi connectivity index (χ2n) is 10.4. The van der Waals surface area contributed by atoms with E-state index in [0.29, 0.717) is 12.4 Å². The summed E-state index contributed by atoms with van der Waals surface area (Å²) in [5, 5.41) is 14.2. The predicted octanol–water partition coefficient (Wildman–Crippen LogP) is 2.80. The first-order valence-corrected chi connectivity index (χ1v) is 14.7.